The molecule has 6 heteroatoms. The molecule has 0 aliphatic carbocycles. The molecule has 0 aliphatic heterocycles. The predicted octanol–water partition coefficient (Wildman–Crippen LogP) is 3.26. The lowest BCUT2D eigenvalue weighted by molar-refractivity contribution is -0.117. The quantitative estimate of drug-likeness (QED) is 0.806. The lowest BCUT2D eigenvalue weighted by Gasteiger charge is -2.16. The minimum absolute atomic E-state index is 0.0375. The zero-order chi connectivity index (χ0) is 16.7. The van der Waals surface area contributed by atoms with Gasteiger partial charge in [0.1, 0.15) is 5.82 Å². The molecule has 1 amide bonds. The Morgan fingerprint density at radius 2 is 2.13 bits per heavy atom. The number of hydrogen-bond donors (Lipinski definition) is 1. The van der Waals surface area contributed by atoms with Crippen LogP contribution in [0.3, 0.4) is 0 Å². The molecule has 0 bridgehead atoms. The van der Waals surface area contributed by atoms with E-state index in [1.807, 2.05) is 36.2 Å². The van der Waals surface area contributed by atoms with Crippen molar-refractivity contribution >= 4 is 23.3 Å². The summed E-state index contributed by atoms with van der Waals surface area (Å²) in [5, 5.41) is 7.87. The van der Waals surface area contributed by atoms with Crippen molar-refractivity contribution < 1.29 is 4.79 Å². The summed E-state index contributed by atoms with van der Waals surface area (Å²) in [6.45, 7) is 3.95. The van der Waals surface area contributed by atoms with Gasteiger partial charge in [0.15, 0.2) is 0 Å². The minimum atomic E-state index is -0.0375. The number of carbonyl (C=O) groups is 1. The van der Waals surface area contributed by atoms with Gasteiger partial charge in [-0.2, -0.15) is 5.10 Å². The molecule has 0 atom stereocenters. The molecule has 1 heterocycles. The predicted molar refractivity (Wildman–Crippen MR) is 93.8 cm³/mol. The number of amides is 1. The van der Waals surface area contributed by atoms with Crippen molar-refractivity contribution in [2.24, 2.45) is 0 Å². The highest BCUT2D eigenvalue weighted by molar-refractivity contribution is 6.31. The van der Waals surface area contributed by atoms with Gasteiger partial charge in [0.05, 0.1) is 19.3 Å². The first-order valence-electron chi connectivity index (χ1n) is 7.83. The molecule has 0 saturated heterocycles. The fraction of sp³-hybridized carbons (Fsp3) is 0.412. The molecule has 0 radical (unpaired) electrons. The average molecular weight is 335 g/mol. The maximum Gasteiger partial charge on any atom is 0.239 e. The van der Waals surface area contributed by atoms with Crippen molar-refractivity contribution in [3.8, 4) is 0 Å². The number of unbranched alkanes of at least 4 members (excludes halogenated alkanes) is 1. The number of carbonyl (C=O) groups excluding carboxylic acids is 1. The van der Waals surface area contributed by atoms with Crippen LogP contribution in [0.25, 0.3) is 0 Å². The molecule has 124 valence electrons. The molecule has 0 unspecified atom stereocenters. The second-order valence-electron chi connectivity index (χ2n) is 5.61. The van der Waals surface area contributed by atoms with Gasteiger partial charge in [-0.3, -0.25) is 9.69 Å². The van der Waals surface area contributed by atoms with E-state index < -0.39 is 0 Å². The molecule has 2 aromatic rings. The van der Waals surface area contributed by atoms with Crippen molar-refractivity contribution in [2.45, 2.75) is 26.3 Å². The summed E-state index contributed by atoms with van der Waals surface area (Å²) in [5.41, 5.74) is 0.966. The Hall–Kier alpha value is -1.85. The molecule has 0 saturated carbocycles. The zero-order valence-corrected chi connectivity index (χ0v) is 14.4. The van der Waals surface area contributed by atoms with Crippen molar-refractivity contribution in [1.29, 1.82) is 0 Å². The molecular formula is C17H23ClN4O. The van der Waals surface area contributed by atoms with Gasteiger partial charge in [-0.15, -0.1) is 0 Å². The van der Waals surface area contributed by atoms with Gasteiger partial charge >= 0.3 is 0 Å². The summed E-state index contributed by atoms with van der Waals surface area (Å²) < 4.78 is 1.74. The summed E-state index contributed by atoms with van der Waals surface area (Å²) in [6.07, 6.45) is 3.89. The molecule has 0 aliphatic rings. The normalized spacial score (nSPS) is 11.0. The van der Waals surface area contributed by atoms with Crippen LogP contribution in [-0.4, -0.2) is 40.7 Å². The molecule has 1 aromatic heterocycles. The maximum absolute atomic E-state index is 12.1. The van der Waals surface area contributed by atoms with E-state index in [0.29, 0.717) is 23.9 Å². The van der Waals surface area contributed by atoms with Crippen LogP contribution in [0.5, 0.6) is 0 Å². The van der Waals surface area contributed by atoms with Crippen LogP contribution in [0.4, 0.5) is 5.82 Å². The standard InChI is InChI=1S/C17H23ClN4O/c1-3-4-11-21(2)13-17(23)20-16-9-10-19-22(16)12-14-7-5-6-8-15(14)18/h5-10H,3-4,11-13H2,1-2H3,(H,20,23). The van der Waals surface area contributed by atoms with Crippen molar-refractivity contribution in [2.75, 3.05) is 25.5 Å². The largest absolute Gasteiger partial charge is 0.310 e. The highest BCUT2D eigenvalue weighted by atomic mass is 35.5. The Labute approximate surface area is 142 Å². The van der Waals surface area contributed by atoms with E-state index in [1.165, 1.54) is 0 Å². The number of aromatic nitrogens is 2. The van der Waals surface area contributed by atoms with E-state index >= 15 is 0 Å². The number of hydrogen-bond acceptors (Lipinski definition) is 3. The Bertz CT molecular complexity index is 641. The van der Waals surface area contributed by atoms with Crippen molar-refractivity contribution in [1.82, 2.24) is 14.7 Å². The maximum atomic E-state index is 12.1. The van der Waals surface area contributed by atoms with Crippen molar-refractivity contribution in [3.05, 3.63) is 47.1 Å². The number of halogens is 1. The lowest BCUT2D eigenvalue weighted by Crippen LogP contribution is -2.31. The Morgan fingerprint density at radius 3 is 2.87 bits per heavy atom. The fourth-order valence-corrected chi connectivity index (χ4v) is 2.48. The topological polar surface area (TPSA) is 50.2 Å². The van der Waals surface area contributed by atoms with Gasteiger partial charge in [-0.1, -0.05) is 43.1 Å². The van der Waals surface area contributed by atoms with Gasteiger partial charge in [0.2, 0.25) is 5.91 Å². The number of rotatable bonds is 8. The molecule has 1 aromatic carbocycles. The summed E-state index contributed by atoms with van der Waals surface area (Å²) >= 11 is 6.18. The Balaban J connectivity index is 1.96. The van der Waals surface area contributed by atoms with Crippen LogP contribution < -0.4 is 5.32 Å². The number of likely N-dealkylation sites (N-methyl/N-ethyl adjacent to an activating group) is 1. The molecule has 5 nitrogen and oxygen atoms in total. The van der Waals surface area contributed by atoms with E-state index in [1.54, 1.807) is 16.9 Å². The monoisotopic (exact) mass is 334 g/mol. The Kier molecular flexibility index (Phi) is 6.62. The van der Waals surface area contributed by atoms with Gasteiger partial charge in [0.25, 0.3) is 0 Å². The molecular weight excluding hydrogens is 312 g/mol. The zero-order valence-electron chi connectivity index (χ0n) is 13.6. The van der Waals surface area contributed by atoms with Crippen LogP contribution in [0.2, 0.25) is 5.02 Å². The highest BCUT2D eigenvalue weighted by Crippen LogP contribution is 2.18. The third kappa shape index (κ3) is 5.37. The third-order valence-corrected chi connectivity index (χ3v) is 3.94. The number of anilines is 1. The van der Waals surface area contributed by atoms with E-state index in [4.69, 9.17) is 11.6 Å². The van der Waals surface area contributed by atoms with Crippen LogP contribution in [0, 0.1) is 0 Å². The summed E-state index contributed by atoms with van der Waals surface area (Å²) in [7, 11) is 1.95. The molecule has 2 rings (SSSR count). The minimum Gasteiger partial charge on any atom is -0.310 e. The first kappa shape index (κ1) is 17.5. The van der Waals surface area contributed by atoms with Gasteiger partial charge in [-0.05, 0) is 31.6 Å². The molecule has 23 heavy (non-hydrogen) atoms. The van der Waals surface area contributed by atoms with E-state index in [0.717, 1.165) is 24.9 Å². The van der Waals surface area contributed by atoms with E-state index in [-0.39, 0.29) is 5.91 Å². The van der Waals surface area contributed by atoms with E-state index in [2.05, 4.69) is 17.3 Å². The van der Waals surface area contributed by atoms with Crippen LogP contribution in [0.1, 0.15) is 25.3 Å². The van der Waals surface area contributed by atoms with Gasteiger partial charge in [-0.25, -0.2) is 4.68 Å². The average Bonchev–Trinajstić information content (AvgIpc) is 2.94. The smallest absolute Gasteiger partial charge is 0.239 e. The number of nitrogens with one attached hydrogen (secondary N) is 1. The summed E-state index contributed by atoms with van der Waals surface area (Å²) in [5.74, 6) is 0.642. The first-order chi connectivity index (χ1) is 11.1. The summed E-state index contributed by atoms with van der Waals surface area (Å²) in [4.78, 5) is 14.2. The molecule has 0 spiro atoms. The lowest BCUT2D eigenvalue weighted by atomic mass is 10.2. The van der Waals surface area contributed by atoms with Gasteiger partial charge < -0.3 is 5.32 Å². The number of benzene rings is 1. The fourth-order valence-electron chi connectivity index (χ4n) is 2.29. The Morgan fingerprint density at radius 1 is 1.35 bits per heavy atom. The molecule has 0 fully saturated rings. The second-order valence-corrected chi connectivity index (χ2v) is 6.01. The van der Waals surface area contributed by atoms with Crippen LogP contribution >= 0.6 is 11.6 Å². The van der Waals surface area contributed by atoms with E-state index in [9.17, 15) is 4.79 Å². The van der Waals surface area contributed by atoms with Gasteiger partial charge in [0, 0.05) is 11.1 Å². The second kappa shape index (κ2) is 8.70. The van der Waals surface area contributed by atoms with Crippen molar-refractivity contribution in [3.63, 3.8) is 0 Å². The summed E-state index contributed by atoms with van der Waals surface area (Å²) in [6, 6.07) is 9.42. The highest BCUT2D eigenvalue weighted by Gasteiger charge is 2.11. The SMILES string of the molecule is CCCCN(C)CC(=O)Nc1ccnn1Cc1ccccc1Cl. The first-order valence-corrected chi connectivity index (χ1v) is 8.21. The van der Waals surface area contributed by atoms with Crippen LogP contribution in [0.15, 0.2) is 36.5 Å². The molecule has 1 N–H and O–H groups in total. The van der Waals surface area contributed by atoms with Crippen LogP contribution in [-0.2, 0) is 11.3 Å². The number of nitrogens with zero attached hydrogens (tertiary/aromatic N) is 3. The third-order valence-electron chi connectivity index (χ3n) is 3.57.